The Labute approximate surface area is 172 Å². The molecule has 27 heavy (non-hydrogen) atoms. The normalized spacial score (nSPS) is 17.9. The van der Waals surface area contributed by atoms with E-state index in [0.29, 0.717) is 10.1 Å². The molecule has 0 saturated carbocycles. The van der Waals surface area contributed by atoms with E-state index in [2.05, 4.69) is 64.7 Å². The quantitative estimate of drug-likeness (QED) is 0.738. The highest BCUT2D eigenvalue weighted by Gasteiger charge is 2.28. The zero-order valence-electron chi connectivity index (χ0n) is 15.9. The van der Waals surface area contributed by atoms with E-state index in [1.807, 2.05) is 24.3 Å². The van der Waals surface area contributed by atoms with Crippen LogP contribution in [0.4, 0.5) is 5.69 Å². The second kappa shape index (κ2) is 9.51. The van der Waals surface area contributed by atoms with Gasteiger partial charge >= 0.3 is 0 Å². The summed E-state index contributed by atoms with van der Waals surface area (Å²) in [5, 5.41) is 7.94. The summed E-state index contributed by atoms with van der Waals surface area (Å²) in [6.07, 6.45) is 0. The van der Waals surface area contributed by atoms with Gasteiger partial charge in [-0.2, -0.15) is 0 Å². The van der Waals surface area contributed by atoms with E-state index in [1.54, 1.807) is 0 Å². The molecule has 1 heterocycles. The molecule has 2 atom stereocenters. The van der Waals surface area contributed by atoms with Crippen LogP contribution in [0.25, 0.3) is 0 Å². The Kier molecular flexibility index (Phi) is 7.07. The maximum Gasteiger partial charge on any atom is 0.171 e. The molecule has 144 valence electrons. The van der Waals surface area contributed by atoms with Gasteiger partial charge in [0.15, 0.2) is 5.11 Å². The summed E-state index contributed by atoms with van der Waals surface area (Å²) in [6, 6.07) is 18.7. The number of hydrogen-bond donors (Lipinski definition) is 2. The van der Waals surface area contributed by atoms with Crippen molar-refractivity contribution in [1.29, 1.82) is 0 Å². The van der Waals surface area contributed by atoms with Gasteiger partial charge in [-0.25, -0.2) is 0 Å². The summed E-state index contributed by atoms with van der Waals surface area (Å²) < 4.78 is 0. The van der Waals surface area contributed by atoms with Crippen LogP contribution in [0.3, 0.4) is 0 Å². The third kappa shape index (κ3) is 5.42. The van der Waals surface area contributed by atoms with Crippen molar-refractivity contribution < 1.29 is 0 Å². The number of rotatable bonds is 5. The van der Waals surface area contributed by atoms with E-state index in [4.69, 9.17) is 23.8 Å². The molecule has 1 aliphatic rings. The van der Waals surface area contributed by atoms with Gasteiger partial charge in [-0.15, -0.1) is 0 Å². The van der Waals surface area contributed by atoms with Crippen LogP contribution in [-0.2, 0) is 0 Å². The van der Waals surface area contributed by atoms with Gasteiger partial charge in [0.1, 0.15) is 0 Å². The van der Waals surface area contributed by atoms with E-state index < -0.39 is 0 Å². The van der Waals surface area contributed by atoms with Crippen molar-refractivity contribution in [2.75, 3.05) is 38.5 Å². The van der Waals surface area contributed by atoms with Crippen LogP contribution >= 0.6 is 23.8 Å². The minimum Gasteiger partial charge on any atom is -0.358 e. The highest BCUT2D eigenvalue weighted by atomic mass is 35.5. The third-order valence-corrected chi connectivity index (χ3v) is 5.58. The van der Waals surface area contributed by atoms with E-state index in [9.17, 15) is 0 Å². The molecule has 0 bridgehead atoms. The Morgan fingerprint density at radius 2 is 1.63 bits per heavy atom. The molecule has 1 aliphatic heterocycles. The largest absolute Gasteiger partial charge is 0.358 e. The highest BCUT2D eigenvalue weighted by Crippen LogP contribution is 2.26. The Balaban J connectivity index is 1.71. The molecule has 0 radical (unpaired) electrons. The molecule has 2 N–H and O–H groups in total. The molecule has 0 spiro atoms. The molecule has 0 unspecified atom stereocenters. The number of thiocarbonyl (C=S) groups is 1. The Hall–Kier alpha value is -1.66. The molecule has 2 aromatic rings. The van der Waals surface area contributed by atoms with Crippen LogP contribution in [0, 0.1) is 0 Å². The Morgan fingerprint density at radius 3 is 2.30 bits per heavy atom. The van der Waals surface area contributed by atoms with Gasteiger partial charge < -0.3 is 15.5 Å². The van der Waals surface area contributed by atoms with E-state index >= 15 is 0 Å². The first-order chi connectivity index (χ1) is 13.0. The van der Waals surface area contributed by atoms with Crippen molar-refractivity contribution >= 4 is 34.6 Å². The minimum absolute atomic E-state index is 0.151. The Bertz CT molecular complexity index is 747. The maximum atomic E-state index is 6.24. The number of likely N-dealkylation sites (N-methyl/N-ethyl adjacent to an activating group) is 1. The molecule has 6 heteroatoms. The zero-order valence-corrected chi connectivity index (χ0v) is 17.4. The third-order valence-electron chi connectivity index (χ3n) is 5.03. The predicted molar refractivity (Wildman–Crippen MR) is 119 cm³/mol. The van der Waals surface area contributed by atoms with Crippen LogP contribution in [-0.4, -0.2) is 54.2 Å². The zero-order chi connectivity index (χ0) is 19.2. The van der Waals surface area contributed by atoms with Gasteiger partial charge in [0.2, 0.25) is 0 Å². The van der Waals surface area contributed by atoms with Gasteiger partial charge in [-0.3, -0.25) is 4.90 Å². The van der Waals surface area contributed by atoms with E-state index in [1.165, 1.54) is 5.56 Å². The monoisotopic (exact) mass is 402 g/mol. The lowest BCUT2D eigenvalue weighted by atomic mass is 9.98. The molecule has 0 aromatic heterocycles. The van der Waals surface area contributed by atoms with Crippen molar-refractivity contribution in [2.45, 2.75) is 19.0 Å². The second-order valence-corrected chi connectivity index (χ2v) is 7.88. The molecule has 4 nitrogen and oxygen atoms in total. The lowest BCUT2D eigenvalue weighted by Crippen LogP contribution is -2.52. The number of hydrogen-bond acceptors (Lipinski definition) is 3. The predicted octanol–water partition coefficient (Wildman–Crippen LogP) is 4.00. The standard InChI is InChI=1S/C21H27ClN4S/c1-16(23-21(27)24-19-11-7-6-10-18(19)22)20(17-8-4-3-5-9-17)26-14-12-25(2)13-15-26/h3-11,16,20H,12-15H2,1-2H3,(H2,23,24,27)/t16-,20+/m1/s1. The first-order valence-corrected chi connectivity index (χ1v) is 10.1. The lowest BCUT2D eigenvalue weighted by molar-refractivity contribution is 0.0973. The SMILES string of the molecule is C[C@@H](NC(=S)Nc1ccccc1Cl)[C@@H](c1ccccc1)N1CCN(C)CC1. The topological polar surface area (TPSA) is 30.5 Å². The summed E-state index contributed by atoms with van der Waals surface area (Å²) in [5.74, 6) is 0. The van der Waals surface area contributed by atoms with E-state index in [-0.39, 0.29) is 12.1 Å². The van der Waals surface area contributed by atoms with Crippen molar-refractivity contribution in [3.8, 4) is 0 Å². The van der Waals surface area contributed by atoms with E-state index in [0.717, 1.165) is 31.9 Å². The number of anilines is 1. The average molecular weight is 403 g/mol. The fourth-order valence-electron chi connectivity index (χ4n) is 3.57. The van der Waals surface area contributed by atoms with Crippen LogP contribution in [0.5, 0.6) is 0 Å². The highest BCUT2D eigenvalue weighted by molar-refractivity contribution is 7.80. The van der Waals surface area contributed by atoms with Crippen LogP contribution in [0.15, 0.2) is 54.6 Å². The van der Waals surface area contributed by atoms with Gasteiger partial charge in [-0.1, -0.05) is 54.1 Å². The molecule has 2 aromatic carbocycles. The first-order valence-electron chi connectivity index (χ1n) is 9.34. The van der Waals surface area contributed by atoms with Crippen molar-refractivity contribution in [1.82, 2.24) is 15.1 Å². The second-order valence-electron chi connectivity index (χ2n) is 7.06. The van der Waals surface area contributed by atoms with Gasteiger partial charge in [-0.05, 0) is 43.9 Å². The molecule has 3 rings (SSSR count). The molecular weight excluding hydrogens is 376 g/mol. The van der Waals surface area contributed by atoms with Crippen molar-refractivity contribution in [3.05, 3.63) is 65.2 Å². The number of halogens is 1. The van der Waals surface area contributed by atoms with Crippen LogP contribution in [0.2, 0.25) is 5.02 Å². The number of benzene rings is 2. The molecule has 1 saturated heterocycles. The smallest absolute Gasteiger partial charge is 0.171 e. The minimum atomic E-state index is 0.151. The maximum absolute atomic E-state index is 6.24. The average Bonchev–Trinajstić information content (AvgIpc) is 2.66. The molecule has 1 fully saturated rings. The number of nitrogens with zero attached hydrogens (tertiary/aromatic N) is 2. The number of para-hydroxylation sites is 1. The fraction of sp³-hybridized carbons (Fsp3) is 0.381. The fourth-order valence-corrected chi connectivity index (χ4v) is 4.05. The Morgan fingerprint density at radius 1 is 1.00 bits per heavy atom. The lowest BCUT2D eigenvalue weighted by Gasteiger charge is -2.41. The van der Waals surface area contributed by atoms with Gasteiger partial charge in [0, 0.05) is 32.2 Å². The summed E-state index contributed by atoms with van der Waals surface area (Å²) >= 11 is 11.8. The van der Waals surface area contributed by atoms with Crippen molar-refractivity contribution in [2.24, 2.45) is 0 Å². The summed E-state index contributed by atoms with van der Waals surface area (Å²) in [6.45, 7) is 6.45. The molecule has 0 aliphatic carbocycles. The van der Waals surface area contributed by atoms with Gasteiger partial charge in [0.05, 0.1) is 16.8 Å². The van der Waals surface area contributed by atoms with Gasteiger partial charge in [0.25, 0.3) is 0 Å². The summed E-state index contributed by atoms with van der Waals surface area (Å²) in [5.41, 5.74) is 2.13. The summed E-state index contributed by atoms with van der Waals surface area (Å²) in [4.78, 5) is 4.92. The molecule has 0 amide bonds. The molecular formula is C21H27ClN4S. The van der Waals surface area contributed by atoms with Crippen LogP contribution in [0.1, 0.15) is 18.5 Å². The summed E-state index contributed by atoms with van der Waals surface area (Å²) in [7, 11) is 2.18. The van der Waals surface area contributed by atoms with Crippen LogP contribution < -0.4 is 10.6 Å². The van der Waals surface area contributed by atoms with Crippen molar-refractivity contribution in [3.63, 3.8) is 0 Å². The number of nitrogens with one attached hydrogen (secondary N) is 2. The first kappa shape index (κ1) is 20.1. The number of piperazine rings is 1.